The van der Waals surface area contributed by atoms with Gasteiger partial charge in [0.05, 0.1) is 13.2 Å². The second kappa shape index (κ2) is 8.95. The molecule has 1 aromatic heterocycles. The molecule has 6 nitrogen and oxygen atoms in total. The van der Waals surface area contributed by atoms with Gasteiger partial charge in [-0.05, 0) is 48.9 Å². The number of ether oxygens (including phenoxy) is 1. The molecule has 152 valence electrons. The third kappa shape index (κ3) is 4.78. The Bertz CT molecular complexity index is 919. The van der Waals surface area contributed by atoms with Crippen LogP contribution in [-0.4, -0.2) is 53.3 Å². The topological polar surface area (TPSA) is 54.6 Å². The third-order valence-electron chi connectivity index (χ3n) is 5.41. The molecule has 29 heavy (non-hydrogen) atoms. The van der Waals surface area contributed by atoms with Gasteiger partial charge in [0.15, 0.2) is 0 Å². The Hall–Kier alpha value is -2.41. The third-order valence-corrected chi connectivity index (χ3v) is 5.66. The van der Waals surface area contributed by atoms with Crippen LogP contribution in [-0.2, 0) is 6.54 Å². The van der Waals surface area contributed by atoms with Crippen molar-refractivity contribution in [2.45, 2.75) is 19.5 Å². The highest BCUT2D eigenvalue weighted by atomic mass is 35.5. The van der Waals surface area contributed by atoms with Crippen molar-refractivity contribution < 1.29 is 9.15 Å². The summed E-state index contributed by atoms with van der Waals surface area (Å²) in [6.45, 7) is 7.02. The molecule has 0 radical (unpaired) electrons. The monoisotopic (exact) mass is 412 g/mol. The molecule has 3 aromatic rings. The summed E-state index contributed by atoms with van der Waals surface area (Å²) in [7, 11) is 1.65. The van der Waals surface area contributed by atoms with Gasteiger partial charge < -0.3 is 9.15 Å². The highest BCUT2D eigenvalue weighted by Crippen LogP contribution is 2.26. The SMILES string of the molecule is COc1ccc(-c2nnc([C@H](C)N3CCN(Cc4ccc(Cl)cc4)CC3)o2)cc1. The van der Waals surface area contributed by atoms with Gasteiger partial charge in [-0.1, -0.05) is 23.7 Å². The minimum Gasteiger partial charge on any atom is -0.497 e. The van der Waals surface area contributed by atoms with Gasteiger partial charge >= 0.3 is 0 Å². The normalized spacial score (nSPS) is 16.7. The molecule has 0 unspecified atom stereocenters. The number of piperazine rings is 1. The Kier molecular flexibility index (Phi) is 6.13. The molecular formula is C22H25ClN4O2. The molecule has 1 aliphatic rings. The maximum Gasteiger partial charge on any atom is 0.247 e. The van der Waals surface area contributed by atoms with Gasteiger partial charge in [0.2, 0.25) is 11.8 Å². The molecule has 4 rings (SSSR count). The fourth-order valence-electron chi connectivity index (χ4n) is 3.57. The van der Waals surface area contributed by atoms with Crippen LogP contribution in [0.1, 0.15) is 24.4 Å². The van der Waals surface area contributed by atoms with Crippen molar-refractivity contribution in [2.24, 2.45) is 0 Å². The van der Waals surface area contributed by atoms with Crippen LogP contribution in [0.4, 0.5) is 0 Å². The summed E-state index contributed by atoms with van der Waals surface area (Å²) in [5.74, 6) is 2.00. The van der Waals surface area contributed by atoms with Crippen molar-refractivity contribution in [3.05, 3.63) is 65.0 Å². The number of hydrogen-bond acceptors (Lipinski definition) is 6. The van der Waals surface area contributed by atoms with E-state index in [4.69, 9.17) is 20.8 Å². The molecule has 0 amide bonds. The van der Waals surface area contributed by atoms with Gasteiger partial charge in [-0.15, -0.1) is 10.2 Å². The summed E-state index contributed by atoms with van der Waals surface area (Å²) >= 11 is 5.98. The Balaban J connectivity index is 1.34. The average Bonchev–Trinajstić information content (AvgIpc) is 3.26. The average molecular weight is 413 g/mol. The summed E-state index contributed by atoms with van der Waals surface area (Å²) in [6, 6.07) is 15.8. The molecule has 0 bridgehead atoms. The fraction of sp³-hybridized carbons (Fsp3) is 0.364. The van der Waals surface area contributed by atoms with E-state index in [1.165, 1.54) is 5.56 Å². The lowest BCUT2D eigenvalue weighted by molar-refractivity contribution is 0.0876. The number of rotatable bonds is 6. The van der Waals surface area contributed by atoms with E-state index in [2.05, 4.69) is 39.1 Å². The maximum absolute atomic E-state index is 5.98. The minimum absolute atomic E-state index is 0.0900. The van der Waals surface area contributed by atoms with Crippen molar-refractivity contribution in [2.75, 3.05) is 33.3 Å². The Morgan fingerprint density at radius 2 is 1.69 bits per heavy atom. The number of halogens is 1. The highest BCUT2D eigenvalue weighted by Gasteiger charge is 2.25. The summed E-state index contributed by atoms with van der Waals surface area (Å²) < 4.78 is 11.2. The molecule has 0 aliphatic carbocycles. The predicted molar refractivity (Wildman–Crippen MR) is 113 cm³/mol. The molecule has 7 heteroatoms. The first kappa shape index (κ1) is 19.9. The van der Waals surface area contributed by atoms with Crippen molar-refractivity contribution in [3.8, 4) is 17.2 Å². The fourth-order valence-corrected chi connectivity index (χ4v) is 3.69. The zero-order valence-electron chi connectivity index (χ0n) is 16.7. The van der Waals surface area contributed by atoms with Crippen molar-refractivity contribution in [3.63, 3.8) is 0 Å². The lowest BCUT2D eigenvalue weighted by Crippen LogP contribution is -2.46. The van der Waals surface area contributed by atoms with E-state index in [-0.39, 0.29) is 6.04 Å². The molecule has 1 saturated heterocycles. The van der Waals surface area contributed by atoms with Gasteiger partial charge in [0, 0.05) is 43.3 Å². The zero-order chi connectivity index (χ0) is 20.2. The van der Waals surface area contributed by atoms with E-state index in [9.17, 15) is 0 Å². The van der Waals surface area contributed by atoms with Crippen LogP contribution in [0.15, 0.2) is 52.9 Å². The van der Waals surface area contributed by atoms with Crippen LogP contribution in [0.25, 0.3) is 11.5 Å². The van der Waals surface area contributed by atoms with Crippen molar-refractivity contribution in [1.29, 1.82) is 0 Å². The van der Waals surface area contributed by atoms with Gasteiger partial charge in [-0.2, -0.15) is 0 Å². The Labute approximate surface area is 176 Å². The second-order valence-corrected chi connectivity index (χ2v) is 7.72. The smallest absolute Gasteiger partial charge is 0.247 e. The van der Waals surface area contributed by atoms with Crippen molar-refractivity contribution >= 4 is 11.6 Å². The second-order valence-electron chi connectivity index (χ2n) is 7.29. The molecule has 0 spiro atoms. The number of nitrogens with zero attached hydrogens (tertiary/aromatic N) is 4. The Morgan fingerprint density at radius 1 is 1.00 bits per heavy atom. The number of hydrogen-bond donors (Lipinski definition) is 0. The zero-order valence-corrected chi connectivity index (χ0v) is 17.5. The molecule has 2 heterocycles. The summed E-state index contributed by atoms with van der Waals surface area (Å²) in [5, 5.41) is 9.30. The molecule has 1 aliphatic heterocycles. The van der Waals surface area contributed by atoms with Crippen LogP contribution < -0.4 is 4.74 Å². The first-order valence-electron chi connectivity index (χ1n) is 9.81. The first-order valence-corrected chi connectivity index (χ1v) is 10.2. The quantitative estimate of drug-likeness (QED) is 0.602. The molecule has 1 atom stereocenters. The molecule has 0 N–H and O–H groups in total. The number of benzene rings is 2. The highest BCUT2D eigenvalue weighted by molar-refractivity contribution is 6.30. The molecule has 1 fully saturated rings. The van der Waals surface area contributed by atoms with E-state index in [1.54, 1.807) is 7.11 Å². The molecule has 2 aromatic carbocycles. The minimum atomic E-state index is 0.0900. The summed E-state index contributed by atoms with van der Waals surface area (Å²) in [4.78, 5) is 4.85. The van der Waals surface area contributed by atoms with Crippen LogP contribution >= 0.6 is 11.6 Å². The standard InChI is InChI=1S/C22H25ClN4O2/c1-16(21-24-25-22(29-21)18-5-9-20(28-2)10-6-18)27-13-11-26(12-14-27)15-17-3-7-19(23)8-4-17/h3-10,16H,11-15H2,1-2H3/t16-/m0/s1. The Morgan fingerprint density at radius 3 is 2.34 bits per heavy atom. The lowest BCUT2D eigenvalue weighted by atomic mass is 10.2. The van der Waals surface area contributed by atoms with Gasteiger partial charge in [-0.3, -0.25) is 9.80 Å². The van der Waals surface area contributed by atoms with E-state index in [0.29, 0.717) is 11.8 Å². The van der Waals surface area contributed by atoms with Gasteiger partial charge in [0.1, 0.15) is 5.75 Å². The van der Waals surface area contributed by atoms with Crippen LogP contribution in [0.3, 0.4) is 0 Å². The van der Waals surface area contributed by atoms with Gasteiger partial charge in [0.25, 0.3) is 0 Å². The molecule has 0 saturated carbocycles. The number of aromatic nitrogens is 2. The molecular weight excluding hydrogens is 388 g/mol. The van der Waals surface area contributed by atoms with Crippen LogP contribution in [0, 0.1) is 0 Å². The van der Waals surface area contributed by atoms with E-state index >= 15 is 0 Å². The summed E-state index contributed by atoms with van der Waals surface area (Å²) in [5.41, 5.74) is 2.18. The van der Waals surface area contributed by atoms with E-state index in [0.717, 1.165) is 49.1 Å². The van der Waals surface area contributed by atoms with Gasteiger partial charge in [-0.25, -0.2) is 0 Å². The van der Waals surface area contributed by atoms with Crippen LogP contribution in [0.2, 0.25) is 5.02 Å². The largest absolute Gasteiger partial charge is 0.497 e. The first-order chi connectivity index (χ1) is 14.1. The van der Waals surface area contributed by atoms with Crippen molar-refractivity contribution in [1.82, 2.24) is 20.0 Å². The van der Waals surface area contributed by atoms with E-state index in [1.807, 2.05) is 36.4 Å². The lowest BCUT2D eigenvalue weighted by Gasteiger charge is -2.36. The van der Waals surface area contributed by atoms with E-state index < -0.39 is 0 Å². The maximum atomic E-state index is 5.98. The van der Waals surface area contributed by atoms with Crippen LogP contribution in [0.5, 0.6) is 5.75 Å². The summed E-state index contributed by atoms with van der Waals surface area (Å²) in [6.07, 6.45) is 0. The number of methoxy groups -OCH3 is 1. The predicted octanol–water partition coefficient (Wildman–Crippen LogP) is 4.28.